The molecule has 29 heavy (non-hydrogen) atoms. The summed E-state index contributed by atoms with van der Waals surface area (Å²) < 4.78 is 34.0. The van der Waals surface area contributed by atoms with Crippen LogP contribution in [-0.4, -0.2) is 44.5 Å². The predicted octanol–water partition coefficient (Wildman–Crippen LogP) is 3.29. The van der Waals surface area contributed by atoms with Crippen LogP contribution in [0.4, 0.5) is 0 Å². The van der Waals surface area contributed by atoms with Crippen molar-refractivity contribution in [3.05, 3.63) is 53.3 Å². The Morgan fingerprint density at radius 1 is 1.17 bits per heavy atom. The van der Waals surface area contributed by atoms with Crippen molar-refractivity contribution in [2.24, 2.45) is 5.92 Å². The van der Waals surface area contributed by atoms with Gasteiger partial charge in [-0.25, -0.2) is 13.1 Å². The molecule has 6 nitrogen and oxygen atoms in total. The minimum Gasteiger partial charge on any atom is -0.493 e. The van der Waals surface area contributed by atoms with Crippen LogP contribution in [0.5, 0.6) is 5.75 Å². The first-order valence-corrected chi connectivity index (χ1v) is 11.7. The molecule has 7 heteroatoms. The molecule has 158 valence electrons. The lowest BCUT2D eigenvalue weighted by atomic mass is 9.97. The van der Waals surface area contributed by atoms with Gasteiger partial charge in [-0.3, -0.25) is 9.88 Å². The molecule has 2 aromatic rings. The topological polar surface area (TPSA) is 71.5 Å². The second-order valence-electron chi connectivity index (χ2n) is 7.71. The molecule has 1 N–H and O–H groups in total. The summed E-state index contributed by atoms with van der Waals surface area (Å²) in [6.45, 7) is 9.50. The highest BCUT2D eigenvalue weighted by molar-refractivity contribution is 7.89. The molecule has 2 heterocycles. The number of aryl methyl sites for hydroxylation is 2. The predicted molar refractivity (Wildman–Crippen MR) is 115 cm³/mol. The summed E-state index contributed by atoms with van der Waals surface area (Å²) in [6, 6.07) is 9.36. The number of nitrogens with one attached hydrogen (secondary N) is 1. The Labute approximate surface area is 174 Å². The largest absolute Gasteiger partial charge is 0.493 e. The number of hydrogen-bond donors (Lipinski definition) is 1. The zero-order chi connectivity index (χ0) is 20.9. The van der Waals surface area contributed by atoms with E-state index in [1.807, 2.05) is 45.2 Å². The van der Waals surface area contributed by atoms with E-state index in [0.717, 1.165) is 55.0 Å². The van der Waals surface area contributed by atoms with Gasteiger partial charge in [0.2, 0.25) is 10.0 Å². The summed E-state index contributed by atoms with van der Waals surface area (Å²) in [4.78, 5) is 7.07. The second kappa shape index (κ2) is 9.69. The van der Waals surface area contributed by atoms with E-state index in [1.54, 1.807) is 12.1 Å². The molecule has 1 aliphatic heterocycles. The van der Waals surface area contributed by atoms with Gasteiger partial charge in [-0.1, -0.05) is 6.07 Å². The second-order valence-corrected chi connectivity index (χ2v) is 9.48. The standard InChI is InChI=1S/C22H31N3O3S/c1-4-28-22-17(2)13-21(14-18(22)3)29(26,27)24-15-19-8-11-25(12-9-19)16-20-7-5-6-10-23-20/h5-7,10,13-14,19,24H,4,8-9,11-12,15-16H2,1-3H3. The Bertz CT molecular complexity index is 885. The molecule has 1 aliphatic rings. The summed E-state index contributed by atoms with van der Waals surface area (Å²) in [5.41, 5.74) is 2.76. The van der Waals surface area contributed by atoms with E-state index >= 15 is 0 Å². The highest BCUT2D eigenvalue weighted by Gasteiger charge is 2.23. The van der Waals surface area contributed by atoms with Crippen LogP contribution in [0.25, 0.3) is 0 Å². The third kappa shape index (κ3) is 5.78. The lowest BCUT2D eigenvalue weighted by molar-refractivity contribution is 0.177. The first-order valence-electron chi connectivity index (χ1n) is 10.2. The van der Waals surface area contributed by atoms with Crippen molar-refractivity contribution < 1.29 is 13.2 Å². The molecule has 0 atom stereocenters. The molecule has 0 saturated carbocycles. The number of hydrogen-bond acceptors (Lipinski definition) is 5. The average molecular weight is 418 g/mol. The Kier molecular flexibility index (Phi) is 7.27. The molecule has 1 fully saturated rings. The maximum Gasteiger partial charge on any atom is 0.240 e. The quantitative estimate of drug-likeness (QED) is 0.714. The zero-order valence-electron chi connectivity index (χ0n) is 17.5. The number of nitrogens with zero attached hydrogens (tertiary/aromatic N) is 2. The normalized spacial score (nSPS) is 16.1. The number of pyridine rings is 1. The van der Waals surface area contributed by atoms with Crippen molar-refractivity contribution in [3.8, 4) is 5.75 Å². The third-order valence-electron chi connectivity index (χ3n) is 5.41. The maximum atomic E-state index is 12.8. The van der Waals surface area contributed by atoms with E-state index in [0.29, 0.717) is 24.0 Å². The van der Waals surface area contributed by atoms with Crippen molar-refractivity contribution in [2.45, 2.75) is 45.1 Å². The summed E-state index contributed by atoms with van der Waals surface area (Å²) in [7, 11) is -3.53. The van der Waals surface area contributed by atoms with E-state index in [1.165, 1.54) is 0 Å². The molecule has 1 aromatic carbocycles. The van der Waals surface area contributed by atoms with Crippen molar-refractivity contribution in [1.82, 2.24) is 14.6 Å². The Morgan fingerprint density at radius 3 is 2.45 bits per heavy atom. The smallest absolute Gasteiger partial charge is 0.240 e. The number of aromatic nitrogens is 1. The minimum absolute atomic E-state index is 0.309. The van der Waals surface area contributed by atoms with Crippen LogP contribution in [0, 0.1) is 19.8 Å². The van der Waals surface area contributed by atoms with Crippen LogP contribution in [0.1, 0.15) is 36.6 Å². The molecule has 0 aliphatic carbocycles. The number of likely N-dealkylation sites (tertiary alicyclic amines) is 1. The maximum absolute atomic E-state index is 12.8. The lowest BCUT2D eigenvalue weighted by Crippen LogP contribution is -2.38. The van der Waals surface area contributed by atoms with Gasteiger partial charge in [-0.2, -0.15) is 0 Å². The number of rotatable bonds is 8. The third-order valence-corrected chi connectivity index (χ3v) is 6.82. The van der Waals surface area contributed by atoms with Gasteiger partial charge in [0.25, 0.3) is 0 Å². The molecule has 0 amide bonds. The van der Waals surface area contributed by atoms with Crippen molar-refractivity contribution in [3.63, 3.8) is 0 Å². The van der Waals surface area contributed by atoms with Gasteiger partial charge in [0.15, 0.2) is 0 Å². The van der Waals surface area contributed by atoms with Gasteiger partial charge in [0.1, 0.15) is 5.75 Å². The molecule has 0 spiro atoms. The first kappa shape index (κ1) is 21.7. The average Bonchev–Trinajstić information content (AvgIpc) is 2.71. The molecular formula is C22H31N3O3S. The summed E-state index contributed by atoms with van der Waals surface area (Å²) in [5, 5.41) is 0. The van der Waals surface area contributed by atoms with E-state index in [-0.39, 0.29) is 0 Å². The Balaban J connectivity index is 1.53. The van der Waals surface area contributed by atoms with Gasteiger partial charge in [-0.15, -0.1) is 0 Å². The van der Waals surface area contributed by atoms with E-state index in [2.05, 4.69) is 14.6 Å². The van der Waals surface area contributed by atoms with Crippen LogP contribution in [-0.2, 0) is 16.6 Å². The molecule has 0 bridgehead atoms. The minimum atomic E-state index is -3.53. The summed E-state index contributed by atoms with van der Waals surface area (Å²) in [5.74, 6) is 1.13. The lowest BCUT2D eigenvalue weighted by Gasteiger charge is -2.31. The van der Waals surface area contributed by atoms with Crippen molar-refractivity contribution in [2.75, 3.05) is 26.2 Å². The zero-order valence-corrected chi connectivity index (χ0v) is 18.3. The molecule has 0 radical (unpaired) electrons. The van der Waals surface area contributed by atoms with Crippen molar-refractivity contribution >= 4 is 10.0 Å². The molecular weight excluding hydrogens is 386 g/mol. The highest BCUT2D eigenvalue weighted by atomic mass is 32.2. The first-order chi connectivity index (χ1) is 13.9. The Morgan fingerprint density at radius 2 is 1.86 bits per heavy atom. The molecule has 3 rings (SSSR count). The van der Waals surface area contributed by atoms with E-state index in [4.69, 9.17) is 4.74 Å². The van der Waals surface area contributed by atoms with Crippen molar-refractivity contribution in [1.29, 1.82) is 0 Å². The summed E-state index contributed by atoms with van der Waals surface area (Å²) in [6.07, 6.45) is 3.79. The number of piperidine rings is 1. The van der Waals surface area contributed by atoms with E-state index < -0.39 is 10.0 Å². The van der Waals surface area contributed by atoms with Crippen LogP contribution in [0.15, 0.2) is 41.4 Å². The molecule has 0 unspecified atom stereocenters. The van der Waals surface area contributed by atoms with Crippen LogP contribution in [0.3, 0.4) is 0 Å². The van der Waals surface area contributed by atoms with E-state index in [9.17, 15) is 8.42 Å². The van der Waals surface area contributed by atoms with Crippen LogP contribution < -0.4 is 9.46 Å². The number of benzene rings is 1. The molecule has 1 aromatic heterocycles. The molecule has 1 saturated heterocycles. The van der Waals surface area contributed by atoms with Crippen LogP contribution >= 0.6 is 0 Å². The monoisotopic (exact) mass is 417 g/mol. The van der Waals surface area contributed by atoms with Gasteiger partial charge in [-0.05, 0) is 88.0 Å². The highest BCUT2D eigenvalue weighted by Crippen LogP contribution is 2.27. The number of ether oxygens (including phenoxy) is 1. The summed E-state index contributed by atoms with van der Waals surface area (Å²) >= 11 is 0. The Hall–Kier alpha value is -1.96. The van der Waals surface area contributed by atoms with Gasteiger partial charge in [0.05, 0.1) is 17.2 Å². The fourth-order valence-electron chi connectivity index (χ4n) is 3.82. The van der Waals surface area contributed by atoms with Gasteiger partial charge < -0.3 is 4.74 Å². The van der Waals surface area contributed by atoms with Crippen LogP contribution in [0.2, 0.25) is 0 Å². The van der Waals surface area contributed by atoms with Gasteiger partial charge >= 0.3 is 0 Å². The number of sulfonamides is 1. The SMILES string of the molecule is CCOc1c(C)cc(S(=O)(=O)NCC2CCN(Cc3ccccn3)CC2)cc1C. The fraction of sp³-hybridized carbons (Fsp3) is 0.500. The van der Waals surface area contributed by atoms with Gasteiger partial charge in [0, 0.05) is 19.3 Å². The fourth-order valence-corrected chi connectivity index (χ4v) is 5.10.